The van der Waals surface area contributed by atoms with Crippen LogP contribution in [0.25, 0.3) is 0 Å². The molecule has 0 radical (unpaired) electrons. The smallest absolute Gasteiger partial charge is 0.338 e. The minimum Gasteiger partial charge on any atom is -0.478 e. The quantitative estimate of drug-likeness (QED) is 0.681. The third kappa shape index (κ3) is 3.16. The molecule has 2 rings (SSSR count). The van der Waals surface area contributed by atoms with Gasteiger partial charge in [-0.05, 0) is 24.3 Å². The fourth-order valence-electron chi connectivity index (χ4n) is 1.55. The van der Waals surface area contributed by atoms with E-state index < -0.39 is 10.9 Å². The average molecular weight is 301 g/mol. The summed E-state index contributed by atoms with van der Waals surface area (Å²) in [5.74, 6) is -1.16. The molecule has 0 atom stereocenters. The second-order valence-corrected chi connectivity index (χ2v) is 4.85. The van der Waals surface area contributed by atoms with Crippen LogP contribution < -0.4 is 0 Å². The van der Waals surface area contributed by atoms with E-state index in [-0.39, 0.29) is 26.7 Å². The minimum atomic E-state index is -1.16. The maximum absolute atomic E-state index is 11.1. The predicted octanol–water partition coefficient (Wildman–Crippen LogP) is 2.71. The maximum atomic E-state index is 11.1. The number of rotatable bonds is 4. The summed E-state index contributed by atoms with van der Waals surface area (Å²) in [6.45, 7) is 0. The van der Waals surface area contributed by atoms with Crippen LogP contribution in [-0.4, -0.2) is 21.0 Å². The van der Waals surface area contributed by atoms with Crippen molar-refractivity contribution in [3.8, 4) is 6.07 Å². The highest BCUT2D eigenvalue weighted by Gasteiger charge is 2.19. The Morgan fingerprint density at radius 2 is 2.19 bits per heavy atom. The summed E-state index contributed by atoms with van der Waals surface area (Å²) in [6, 6.07) is 8.64. The lowest BCUT2D eigenvalue weighted by Crippen LogP contribution is -2.00. The van der Waals surface area contributed by atoms with Crippen molar-refractivity contribution >= 4 is 23.4 Å². The van der Waals surface area contributed by atoms with E-state index in [1.165, 1.54) is 30.5 Å². The van der Waals surface area contributed by atoms with Crippen molar-refractivity contribution in [3.05, 3.63) is 57.8 Å². The molecule has 2 aromatic rings. The Labute approximate surface area is 123 Å². The number of nitriles is 1. The Morgan fingerprint density at radius 3 is 2.81 bits per heavy atom. The molecule has 0 amide bonds. The van der Waals surface area contributed by atoms with Crippen molar-refractivity contribution in [1.82, 2.24) is 4.98 Å². The highest BCUT2D eigenvalue weighted by Crippen LogP contribution is 2.35. The van der Waals surface area contributed by atoms with Gasteiger partial charge in [0.05, 0.1) is 27.0 Å². The van der Waals surface area contributed by atoms with Gasteiger partial charge in [0.1, 0.15) is 5.03 Å². The topological polar surface area (TPSA) is 117 Å². The van der Waals surface area contributed by atoms with Gasteiger partial charge in [-0.2, -0.15) is 5.26 Å². The zero-order valence-electron chi connectivity index (χ0n) is 10.4. The molecule has 1 N–H and O–H groups in total. The first-order chi connectivity index (χ1) is 10.0. The zero-order chi connectivity index (χ0) is 15.4. The van der Waals surface area contributed by atoms with E-state index in [0.717, 1.165) is 17.8 Å². The van der Waals surface area contributed by atoms with E-state index in [1.54, 1.807) is 0 Å². The largest absolute Gasteiger partial charge is 0.478 e. The van der Waals surface area contributed by atoms with Gasteiger partial charge in [0, 0.05) is 12.3 Å². The summed E-state index contributed by atoms with van der Waals surface area (Å²) in [5.41, 5.74) is -0.146. The van der Waals surface area contributed by atoms with Crippen molar-refractivity contribution in [2.24, 2.45) is 0 Å². The number of carbonyl (C=O) groups is 1. The van der Waals surface area contributed by atoms with Crippen molar-refractivity contribution in [3.63, 3.8) is 0 Å². The SMILES string of the molecule is N#Cc1ccc(Sc2ncccc2C(=O)O)c([N+](=O)[O-])c1. The number of pyridine rings is 1. The van der Waals surface area contributed by atoms with Crippen LogP contribution in [-0.2, 0) is 0 Å². The summed E-state index contributed by atoms with van der Waals surface area (Å²) in [4.78, 5) is 25.7. The monoisotopic (exact) mass is 301 g/mol. The van der Waals surface area contributed by atoms with Crippen LogP contribution in [0.5, 0.6) is 0 Å². The molecule has 1 heterocycles. The molecule has 1 aromatic carbocycles. The lowest BCUT2D eigenvalue weighted by Gasteiger charge is -2.05. The standard InChI is InChI=1S/C13H7N3O4S/c14-7-8-3-4-11(10(6-8)16(19)20)21-12-9(13(17)18)2-1-5-15-12/h1-6H,(H,17,18). The van der Waals surface area contributed by atoms with Crippen LogP contribution in [0.3, 0.4) is 0 Å². The molecule has 0 saturated carbocycles. The Balaban J connectivity index is 2.48. The minimum absolute atomic E-state index is 0.0406. The number of hydrogen-bond acceptors (Lipinski definition) is 6. The summed E-state index contributed by atoms with van der Waals surface area (Å²) < 4.78 is 0. The summed E-state index contributed by atoms with van der Waals surface area (Å²) in [6.07, 6.45) is 1.41. The third-order valence-corrected chi connectivity index (χ3v) is 3.58. The van der Waals surface area contributed by atoms with Crippen LogP contribution in [0.4, 0.5) is 5.69 Å². The van der Waals surface area contributed by atoms with Crippen LogP contribution >= 0.6 is 11.8 Å². The number of nitro groups is 1. The zero-order valence-corrected chi connectivity index (χ0v) is 11.2. The average Bonchev–Trinajstić information content (AvgIpc) is 2.47. The lowest BCUT2D eigenvalue weighted by atomic mass is 10.2. The van der Waals surface area contributed by atoms with E-state index in [0.29, 0.717) is 0 Å². The molecule has 0 spiro atoms. The lowest BCUT2D eigenvalue weighted by molar-refractivity contribution is -0.387. The van der Waals surface area contributed by atoms with Gasteiger partial charge in [-0.3, -0.25) is 10.1 Å². The molecule has 104 valence electrons. The highest BCUT2D eigenvalue weighted by molar-refractivity contribution is 7.99. The number of aromatic carboxylic acids is 1. The first kappa shape index (κ1) is 14.5. The number of carboxylic acid groups (broad SMARTS) is 1. The second-order valence-electron chi connectivity index (χ2n) is 3.81. The molecule has 0 saturated heterocycles. The number of nitrogens with zero attached hydrogens (tertiary/aromatic N) is 3. The van der Waals surface area contributed by atoms with Crippen molar-refractivity contribution < 1.29 is 14.8 Å². The Morgan fingerprint density at radius 1 is 1.43 bits per heavy atom. The Kier molecular flexibility index (Phi) is 4.15. The molecule has 1 aromatic heterocycles. The van der Waals surface area contributed by atoms with Gasteiger partial charge in [-0.15, -0.1) is 0 Å². The highest BCUT2D eigenvalue weighted by atomic mass is 32.2. The van der Waals surface area contributed by atoms with E-state index >= 15 is 0 Å². The molecule has 0 aliphatic carbocycles. The van der Waals surface area contributed by atoms with Gasteiger partial charge in [-0.25, -0.2) is 9.78 Å². The Bertz CT molecular complexity index is 770. The van der Waals surface area contributed by atoms with Gasteiger partial charge in [0.25, 0.3) is 5.69 Å². The number of carboxylic acids is 1. The van der Waals surface area contributed by atoms with Crippen molar-refractivity contribution in [1.29, 1.82) is 5.26 Å². The second kappa shape index (κ2) is 6.02. The van der Waals surface area contributed by atoms with Crippen LogP contribution in [0.1, 0.15) is 15.9 Å². The number of nitro benzene ring substituents is 1. The van der Waals surface area contributed by atoms with E-state index in [1.807, 2.05) is 6.07 Å². The molecule has 0 bridgehead atoms. The third-order valence-electron chi connectivity index (χ3n) is 2.49. The van der Waals surface area contributed by atoms with Crippen molar-refractivity contribution in [2.75, 3.05) is 0 Å². The maximum Gasteiger partial charge on any atom is 0.338 e. The molecule has 0 aliphatic rings. The van der Waals surface area contributed by atoms with Gasteiger partial charge < -0.3 is 5.11 Å². The number of benzene rings is 1. The van der Waals surface area contributed by atoms with E-state index in [4.69, 9.17) is 10.4 Å². The molecule has 0 unspecified atom stereocenters. The van der Waals surface area contributed by atoms with Gasteiger partial charge in [-0.1, -0.05) is 11.8 Å². The molecule has 8 heteroatoms. The van der Waals surface area contributed by atoms with E-state index in [2.05, 4.69) is 4.98 Å². The molecule has 0 fully saturated rings. The summed E-state index contributed by atoms with van der Waals surface area (Å²) in [7, 11) is 0. The number of hydrogen-bond donors (Lipinski definition) is 1. The summed E-state index contributed by atoms with van der Waals surface area (Å²) >= 11 is 0.874. The molecular formula is C13H7N3O4S. The molecular weight excluding hydrogens is 294 g/mol. The fourth-order valence-corrected chi connectivity index (χ4v) is 2.52. The predicted molar refractivity (Wildman–Crippen MR) is 73.1 cm³/mol. The normalized spacial score (nSPS) is 9.86. The van der Waals surface area contributed by atoms with E-state index in [9.17, 15) is 14.9 Å². The molecule has 21 heavy (non-hydrogen) atoms. The van der Waals surface area contributed by atoms with Crippen LogP contribution in [0.2, 0.25) is 0 Å². The van der Waals surface area contributed by atoms with Crippen LogP contribution in [0.15, 0.2) is 46.5 Å². The van der Waals surface area contributed by atoms with Gasteiger partial charge in [0.2, 0.25) is 0 Å². The van der Waals surface area contributed by atoms with Crippen molar-refractivity contribution in [2.45, 2.75) is 9.92 Å². The number of aromatic nitrogens is 1. The van der Waals surface area contributed by atoms with Gasteiger partial charge >= 0.3 is 5.97 Å². The van der Waals surface area contributed by atoms with Crippen LogP contribution in [0, 0.1) is 21.4 Å². The summed E-state index contributed by atoms with van der Waals surface area (Å²) in [5, 5.41) is 29.0. The molecule has 0 aliphatic heterocycles. The Hall–Kier alpha value is -2.92. The van der Waals surface area contributed by atoms with Gasteiger partial charge in [0.15, 0.2) is 0 Å². The molecule has 7 nitrogen and oxygen atoms in total. The first-order valence-corrected chi connectivity index (χ1v) is 6.39. The fraction of sp³-hybridized carbons (Fsp3) is 0. The first-order valence-electron chi connectivity index (χ1n) is 5.57.